The Bertz CT molecular complexity index is 383. The number of aliphatic carboxylic acids is 1. The van der Waals surface area contributed by atoms with Crippen LogP contribution >= 0.6 is 0 Å². The predicted molar refractivity (Wildman–Crippen MR) is 77.9 cm³/mol. The first-order chi connectivity index (χ1) is 10.0. The summed E-state index contributed by atoms with van der Waals surface area (Å²) >= 11 is 0. The van der Waals surface area contributed by atoms with Gasteiger partial charge in [0.2, 0.25) is 0 Å². The van der Waals surface area contributed by atoms with Crippen LogP contribution in [0.5, 0.6) is 0 Å². The minimum absolute atomic E-state index is 0.0291. The Morgan fingerprint density at radius 2 is 1.62 bits per heavy atom. The Hall–Kier alpha value is -1.30. The number of rotatable bonds is 3. The summed E-state index contributed by atoms with van der Waals surface area (Å²) in [5, 5.41) is 18.5. The van der Waals surface area contributed by atoms with Gasteiger partial charge in [0.25, 0.3) is 0 Å². The summed E-state index contributed by atoms with van der Waals surface area (Å²) in [5.74, 6) is -0.420. The molecule has 0 radical (unpaired) electrons. The van der Waals surface area contributed by atoms with Crippen molar-refractivity contribution in [2.24, 2.45) is 11.3 Å². The van der Waals surface area contributed by atoms with Gasteiger partial charge in [-0.05, 0) is 38.0 Å². The molecule has 2 heterocycles. The lowest BCUT2D eigenvalue weighted by Gasteiger charge is -2.41. The summed E-state index contributed by atoms with van der Waals surface area (Å²) in [4.78, 5) is 27.5. The highest BCUT2D eigenvalue weighted by Crippen LogP contribution is 2.35. The maximum atomic E-state index is 12.5. The number of urea groups is 1. The number of piperidine rings is 2. The summed E-state index contributed by atoms with van der Waals surface area (Å²) in [6.45, 7) is 4.54. The lowest BCUT2D eigenvalue weighted by molar-refractivity contribution is -0.152. The number of amides is 2. The van der Waals surface area contributed by atoms with Crippen molar-refractivity contribution in [1.82, 2.24) is 9.80 Å². The molecule has 0 bridgehead atoms. The Kier molecular flexibility index (Phi) is 5.08. The summed E-state index contributed by atoms with van der Waals surface area (Å²) < 4.78 is 0. The maximum absolute atomic E-state index is 12.5. The molecule has 2 rings (SSSR count). The lowest BCUT2D eigenvalue weighted by atomic mass is 9.76. The van der Waals surface area contributed by atoms with Crippen LogP contribution in [0.4, 0.5) is 4.79 Å². The molecule has 0 aromatic carbocycles. The normalized spacial score (nSPS) is 23.1. The second-order valence-electron chi connectivity index (χ2n) is 6.32. The van der Waals surface area contributed by atoms with Crippen LogP contribution in [0, 0.1) is 11.3 Å². The summed E-state index contributed by atoms with van der Waals surface area (Å²) in [7, 11) is 0. The van der Waals surface area contributed by atoms with E-state index < -0.39 is 11.4 Å². The fraction of sp³-hybridized carbons (Fsp3) is 0.867. The number of carboxylic acid groups (broad SMARTS) is 1. The van der Waals surface area contributed by atoms with Gasteiger partial charge in [0.1, 0.15) is 0 Å². The highest BCUT2D eigenvalue weighted by molar-refractivity contribution is 5.77. The third-order valence-corrected chi connectivity index (χ3v) is 5.26. The maximum Gasteiger partial charge on any atom is 0.319 e. The van der Waals surface area contributed by atoms with Crippen molar-refractivity contribution in [3.05, 3.63) is 0 Å². The molecule has 0 atom stereocenters. The quantitative estimate of drug-likeness (QED) is 0.825. The fourth-order valence-electron chi connectivity index (χ4n) is 3.35. The molecule has 2 aliphatic rings. The van der Waals surface area contributed by atoms with Gasteiger partial charge in [-0.25, -0.2) is 4.79 Å². The summed E-state index contributed by atoms with van der Waals surface area (Å²) in [5.41, 5.74) is -0.652. The first-order valence-corrected chi connectivity index (χ1v) is 7.90. The Balaban J connectivity index is 1.87. The molecule has 0 aromatic rings. The fourth-order valence-corrected chi connectivity index (χ4v) is 3.35. The van der Waals surface area contributed by atoms with Gasteiger partial charge in [-0.2, -0.15) is 0 Å². The Morgan fingerprint density at radius 1 is 1.10 bits per heavy atom. The van der Waals surface area contributed by atoms with Crippen molar-refractivity contribution in [1.29, 1.82) is 0 Å². The zero-order valence-corrected chi connectivity index (χ0v) is 12.8. The molecule has 6 nitrogen and oxygen atoms in total. The molecule has 6 heteroatoms. The van der Waals surface area contributed by atoms with Gasteiger partial charge in [0, 0.05) is 32.8 Å². The first kappa shape index (κ1) is 16.1. The van der Waals surface area contributed by atoms with Crippen molar-refractivity contribution in [2.45, 2.75) is 39.0 Å². The van der Waals surface area contributed by atoms with E-state index in [-0.39, 0.29) is 12.6 Å². The van der Waals surface area contributed by atoms with Crippen molar-refractivity contribution in [3.63, 3.8) is 0 Å². The van der Waals surface area contributed by atoms with Crippen LogP contribution in [0.15, 0.2) is 0 Å². The van der Waals surface area contributed by atoms with Crippen LogP contribution < -0.4 is 0 Å². The average Bonchev–Trinajstić information content (AvgIpc) is 2.54. The number of hydrogen-bond acceptors (Lipinski definition) is 3. The van der Waals surface area contributed by atoms with Gasteiger partial charge in [-0.15, -0.1) is 0 Å². The SMILES string of the molecule is CCC1(C(=O)O)CCN(C(=O)N2CCC(CO)CC2)CC1. The number of aliphatic hydroxyl groups is 1. The molecule has 0 unspecified atom stereocenters. The third kappa shape index (κ3) is 3.31. The summed E-state index contributed by atoms with van der Waals surface area (Å²) in [6, 6.07) is 0.0291. The van der Waals surface area contributed by atoms with E-state index in [0.717, 1.165) is 12.8 Å². The van der Waals surface area contributed by atoms with Crippen LogP contribution in [0.25, 0.3) is 0 Å². The third-order valence-electron chi connectivity index (χ3n) is 5.26. The predicted octanol–water partition coefficient (Wildman–Crippen LogP) is 1.39. The van der Waals surface area contributed by atoms with E-state index >= 15 is 0 Å². The molecule has 0 saturated carbocycles. The van der Waals surface area contributed by atoms with Gasteiger partial charge in [0.15, 0.2) is 0 Å². The molecule has 2 fully saturated rings. The first-order valence-electron chi connectivity index (χ1n) is 7.90. The van der Waals surface area contributed by atoms with E-state index in [2.05, 4.69) is 0 Å². The Labute approximate surface area is 125 Å². The molecular weight excluding hydrogens is 272 g/mol. The van der Waals surface area contributed by atoms with E-state index in [1.807, 2.05) is 11.8 Å². The van der Waals surface area contributed by atoms with Gasteiger partial charge < -0.3 is 20.0 Å². The smallest absolute Gasteiger partial charge is 0.319 e. The van der Waals surface area contributed by atoms with Crippen LogP contribution in [-0.4, -0.2) is 64.8 Å². The van der Waals surface area contributed by atoms with Gasteiger partial charge >= 0.3 is 12.0 Å². The molecule has 2 N–H and O–H groups in total. The zero-order chi connectivity index (χ0) is 15.5. The zero-order valence-electron chi connectivity index (χ0n) is 12.8. The van der Waals surface area contributed by atoms with E-state index in [0.29, 0.717) is 51.4 Å². The standard InChI is InChI=1S/C15H26N2O4/c1-2-15(13(19)20)5-9-17(10-6-15)14(21)16-7-3-12(11-18)4-8-16/h12,18H,2-11H2,1H3,(H,19,20). The molecule has 2 amide bonds. The topological polar surface area (TPSA) is 81.1 Å². The number of carbonyl (C=O) groups is 2. The molecule has 0 aliphatic carbocycles. The number of likely N-dealkylation sites (tertiary alicyclic amines) is 2. The molecule has 0 aromatic heterocycles. The molecule has 0 spiro atoms. The van der Waals surface area contributed by atoms with Gasteiger partial charge in [-0.3, -0.25) is 4.79 Å². The second kappa shape index (κ2) is 6.64. The molecular formula is C15H26N2O4. The number of nitrogens with zero attached hydrogens (tertiary/aromatic N) is 2. The Morgan fingerprint density at radius 3 is 2.05 bits per heavy atom. The van der Waals surface area contributed by atoms with Gasteiger partial charge in [0.05, 0.1) is 5.41 Å². The monoisotopic (exact) mass is 298 g/mol. The molecule has 120 valence electrons. The van der Waals surface area contributed by atoms with Crippen LogP contribution in [0.2, 0.25) is 0 Å². The lowest BCUT2D eigenvalue weighted by Crippen LogP contribution is -2.52. The van der Waals surface area contributed by atoms with Crippen LogP contribution in [-0.2, 0) is 4.79 Å². The minimum Gasteiger partial charge on any atom is -0.481 e. The van der Waals surface area contributed by atoms with Crippen molar-refractivity contribution in [2.75, 3.05) is 32.8 Å². The van der Waals surface area contributed by atoms with Gasteiger partial charge in [-0.1, -0.05) is 6.92 Å². The molecule has 2 saturated heterocycles. The number of aliphatic hydroxyl groups excluding tert-OH is 1. The molecule has 21 heavy (non-hydrogen) atoms. The van der Waals surface area contributed by atoms with Crippen molar-refractivity contribution >= 4 is 12.0 Å². The highest BCUT2D eigenvalue weighted by Gasteiger charge is 2.41. The number of hydrogen-bond donors (Lipinski definition) is 2. The largest absolute Gasteiger partial charge is 0.481 e. The average molecular weight is 298 g/mol. The van der Waals surface area contributed by atoms with Crippen LogP contribution in [0.1, 0.15) is 39.0 Å². The van der Waals surface area contributed by atoms with Crippen molar-refractivity contribution in [3.8, 4) is 0 Å². The number of carboxylic acids is 1. The molecule has 2 aliphatic heterocycles. The number of carbonyl (C=O) groups excluding carboxylic acids is 1. The minimum atomic E-state index is -0.735. The van der Waals surface area contributed by atoms with E-state index in [1.165, 1.54) is 0 Å². The van der Waals surface area contributed by atoms with E-state index in [4.69, 9.17) is 5.11 Å². The van der Waals surface area contributed by atoms with E-state index in [1.54, 1.807) is 4.90 Å². The second-order valence-corrected chi connectivity index (χ2v) is 6.32. The van der Waals surface area contributed by atoms with E-state index in [9.17, 15) is 14.7 Å². The van der Waals surface area contributed by atoms with Crippen molar-refractivity contribution < 1.29 is 19.8 Å². The highest BCUT2D eigenvalue weighted by atomic mass is 16.4. The summed E-state index contributed by atoms with van der Waals surface area (Å²) in [6.07, 6.45) is 3.40. The van der Waals surface area contributed by atoms with Crippen LogP contribution in [0.3, 0.4) is 0 Å².